The minimum Gasteiger partial charge on any atom is -0.392 e. The summed E-state index contributed by atoms with van der Waals surface area (Å²) in [6.07, 6.45) is 2.86. The van der Waals surface area contributed by atoms with Gasteiger partial charge in [-0.25, -0.2) is 13.1 Å². The Morgan fingerprint density at radius 3 is 2.50 bits per heavy atom. The standard InChI is InChI=1S/C11H23N3O2S2/c1-3-10(11(12)17)18(15,16)13-7-8-14(4-2)9-5-6-9/h9-10,13H,3-8H2,1-2H3,(H2,12,17). The molecular formula is C11H23N3O2S2. The summed E-state index contributed by atoms with van der Waals surface area (Å²) >= 11 is 4.79. The second-order valence-corrected chi connectivity index (χ2v) is 7.02. The first kappa shape index (κ1) is 15.8. The average molecular weight is 293 g/mol. The number of nitrogens with zero attached hydrogens (tertiary/aromatic N) is 1. The fourth-order valence-electron chi connectivity index (χ4n) is 2.04. The van der Waals surface area contributed by atoms with Gasteiger partial charge in [-0.05, 0) is 25.8 Å². The van der Waals surface area contributed by atoms with Crippen LogP contribution in [0.1, 0.15) is 33.1 Å². The molecule has 1 aliphatic carbocycles. The van der Waals surface area contributed by atoms with Gasteiger partial charge in [0.25, 0.3) is 0 Å². The van der Waals surface area contributed by atoms with Gasteiger partial charge in [-0.1, -0.05) is 26.1 Å². The second kappa shape index (κ2) is 6.79. The van der Waals surface area contributed by atoms with Crippen LogP contribution in [0.4, 0.5) is 0 Å². The summed E-state index contributed by atoms with van der Waals surface area (Å²) in [4.78, 5) is 2.34. The molecule has 0 radical (unpaired) electrons. The molecule has 106 valence electrons. The predicted molar refractivity (Wildman–Crippen MR) is 78.1 cm³/mol. The van der Waals surface area contributed by atoms with Crippen LogP contribution < -0.4 is 10.5 Å². The van der Waals surface area contributed by atoms with Crippen LogP contribution in [-0.4, -0.2) is 49.2 Å². The van der Waals surface area contributed by atoms with Gasteiger partial charge in [0.15, 0.2) is 0 Å². The summed E-state index contributed by atoms with van der Waals surface area (Å²) in [5.41, 5.74) is 5.45. The van der Waals surface area contributed by atoms with Crippen molar-refractivity contribution in [3.05, 3.63) is 0 Å². The maximum absolute atomic E-state index is 12.0. The molecule has 0 aliphatic heterocycles. The van der Waals surface area contributed by atoms with Crippen LogP contribution in [0.3, 0.4) is 0 Å². The topological polar surface area (TPSA) is 75.4 Å². The van der Waals surface area contributed by atoms with E-state index in [-0.39, 0.29) is 4.99 Å². The first-order valence-electron chi connectivity index (χ1n) is 6.44. The molecule has 7 heteroatoms. The van der Waals surface area contributed by atoms with Gasteiger partial charge in [0, 0.05) is 19.1 Å². The SMILES string of the molecule is CCC(C(N)=S)S(=O)(=O)NCCN(CC)C1CC1. The van der Waals surface area contributed by atoms with E-state index in [4.69, 9.17) is 18.0 Å². The lowest BCUT2D eigenvalue weighted by molar-refractivity contribution is 0.282. The number of nitrogens with one attached hydrogen (secondary N) is 1. The van der Waals surface area contributed by atoms with Gasteiger partial charge in [0.05, 0.1) is 4.99 Å². The normalized spacial score (nSPS) is 17.9. The summed E-state index contributed by atoms with van der Waals surface area (Å²) in [5.74, 6) is 0. The van der Waals surface area contributed by atoms with Gasteiger partial charge < -0.3 is 5.73 Å². The number of hydrogen-bond donors (Lipinski definition) is 2. The number of sulfonamides is 1. The van der Waals surface area contributed by atoms with Crippen LogP contribution in [0.15, 0.2) is 0 Å². The van der Waals surface area contributed by atoms with E-state index >= 15 is 0 Å². The van der Waals surface area contributed by atoms with E-state index in [2.05, 4.69) is 16.5 Å². The summed E-state index contributed by atoms with van der Waals surface area (Å²) in [6.45, 7) is 5.99. The van der Waals surface area contributed by atoms with Crippen LogP contribution >= 0.6 is 12.2 Å². The first-order valence-corrected chi connectivity index (χ1v) is 8.39. The number of hydrogen-bond acceptors (Lipinski definition) is 4. The maximum Gasteiger partial charge on any atom is 0.221 e. The highest BCUT2D eigenvalue weighted by molar-refractivity contribution is 7.93. The highest BCUT2D eigenvalue weighted by atomic mass is 32.2. The highest BCUT2D eigenvalue weighted by Gasteiger charge is 2.29. The zero-order valence-electron chi connectivity index (χ0n) is 11.1. The van der Waals surface area contributed by atoms with Gasteiger partial charge in [-0.2, -0.15) is 0 Å². The van der Waals surface area contributed by atoms with Crippen molar-refractivity contribution in [2.75, 3.05) is 19.6 Å². The van der Waals surface area contributed by atoms with Gasteiger partial charge in [-0.15, -0.1) is 0 Å². The summed E-state index contributed by atoms with van der Waals surface area (Å²) in [7, 11) is -3.42. The lowest BCUT2D eigenvalue weighted by atomic mass is 10.3. The fourth-order valence-corrected chi connectivity index (χ4v) is 3.91. The van der Waals surface area contributed by atoms with E-state index in [1.54, 1.807) is 6.92 Å². The molecular weight excluding hydrogens is 270 g/mol. The zero-order valence-corrected chi connectivity index (χ0v) is 12.7. The molecule has 18 heavy (non-hydrogen) atoms. The Labute approximate surface area is 115 Å². The second-order valence-electron chi connectivity index (χ2n) is 4.60. The monoisotopic (exact) mass is 293 g/mol. The van der Waals surface area contributed by atoms with Gasteiger partial charge in [-0.3, -0.25) is 4.90 Å². The van der Waals surface area contributed by atoms with Crippen LogP contribution in [-0.2, 0) is 10.0 Å². The number of rotatable bonds is 9. The van der Waals surface area contributed by atoms with Crippen LogP contribution in [0.2, 0.25) is 0 Å². The van der Waals surface area contributed by atoms with E-state index in [9.17, 15) is 8.42 Å². The van der Waals surface area contributed by atoms with Crippen molar-refractivity contribution >= 4 is 27.2 Å². The predicted octanol–water partition coefficient (Wildman–Crippen LogP) is 0.455. The molecule has 0 bridgehead atoms. The Morgan fingerprint density at radius 1 is 1.50 bits per heavy atom. The first-order chi connectivity index (χ1) is 8.42. The van der Waals surface area contributed by atoms with Crippen LogP contribution in [0.25, 0.3) is 0 Å². The largest absolute Gasteiger partial charge is 0.392 e. The molecule has 1 aliphatic rings. The van der Waals surface area contributed by atoms with E-state index in [1.165, 1.54) is 12.8 Å². The summed E-state index contributed by atoms with van der Waals surface area (Å²) in [6, 6.07) is 0.650. The van der Waals surface area contributed by atoms with Crippen molar-refractivity contribution in [3.8, 4) is 0 Å². The molecule has 0 aromatic rings. The molecule has 1 fully saturated rings. The molecule has 1 atom stereocenters. The Kier molecular flexibility index (Phi) is 5.97. The molecule has 3 N–H and O–H groups in total. The Morgan fingerprint density at radius 2 is 2.11 bits per heavy atom. The van der Waals surface area contributed by atoms with Gasteiger partial charge in [0.1, 0.15) is 5.25 Å². The lowest BCUT2D eigenvalue weighted by Gasteiger charge is -2.21. The van der Waals surface area contributed by atoms with Crippen molar-refractivity contribution in [2.24, 2.45) is 5.73 Å². The lowest BCUT2D eigenvalue weighted by Crippen LogP contribution is -2.44. The number of likely N-dealkylation sites (N-methyl/N-ethyl adjacent to an activating group) is 1. The molecule has 0 heterocycles. The molecule has 0 aromatic heterocycles. The van der Waals surface area contributed by atoms with Crippen LogP contribution in [0.5, 0.6) is 0 Å². The minimum atomic E-state index is -3.42. The molecule has 0 aromatic carbocycles. The zero-order chi connectivity index (χ0) is 13.8. The average Bonchev–Trinajstić information content (AvgIpc) is 3.08. The molecule has 1 unspecified atom stereocenters. The third kappa shape index (κ3) is 4.46. The molecule has 0 amide bonds. The smallest absolute Gasteiger partial charge is 0.221 e. The van der Waals surface area contributed by atoms with Crippen molar-refractivity contribution in [2.45, 2.75) is 44.4 Å². The van der Waals surface area contributed by atoms with Gasteiger partial charge in [0.2, 0.25) is 10.0 Å². The Hall–Kier alpha value is -0.240. The van der Waals surface area contributed by atoms with Crippen molar-refractivity contribution in [1.82, 2.24) is 9.62 Å². The summed E-state index contributed by atoms with van der Waals surface area (Å²) in [5, 5.41) is -0.761. The minimum absolute atomic E-state index is 0.0412. The van der Waals surface area contributed by atoms with Gasteiger partial charge >= 0.3 is 0 Å². The van der Waals surface area contributed by atoms with Crippen molar-refractivity contribution in [1.29, 1.82) is 0 Å². The van der Waals surface area contributed by atoms with Crippen LogP contribution in [0, 0.1) is 0 Å². The van der Waals surface area contributed by atoms with E-state index in [1.807, 2.05) is 0 Å². The van der Waals surface area contributed by atoms with E-state index < -0.39 is 15.3 Å². The van der Waals surface area contributed by atoms with Crippen molar-refractivity contribution in [3.63, 3.8) is 0 Å². The number of thiocarbonyl (C=S) groups is 1. The maximum atomic E-state index is 12.0. The third-order valence-electron chi connectivity index (χ3n) is 3.23. The summed E-state index contributed by atoms with van der Waals surface area (Å²) < 4.78 is 26.5. The quantitative estimate of drug-likeness (QED) is 0.604. The Balaban J connectivity index is 2.43. The highest BCUT2D eigenvalue weighted by Crippen LogP contribution is 2.25. The van der Waals surface area contributed by atoms with E-state index in [0.29, 0.717) is 19.0 Å². The molecule has 0 saturated heterocycles. The Bertz CT molecular complexity index is 380. The van der Waals surface area contributed by atoms with E-state index in [0.717, 1.165) is 13.1 Å². The molecule has 5 nitrogen and oxygen atoms in total. The molecule has 0 spiro atoms. The molecule has 1 rings (SSSR count). The third-order valence-corrected chi connectivity index (χ3v) is 5.61. The molecule has 1 saturated carbocycles. The van der Waals surface area contributed by atoms with Crippen molar-refractivity contribution < 1.29 is 8.42 Å². The fraction of sp³-hybridized carbons (Fsp3) is 0.909. The number of nitrogens with two attached hydrogens (primary N) is 1.